The number of amides is 2. The van der Waals surface area contributed by atoms with Crippen LogP contribution in [-0.2, 0) is 11.2 Å². The average molecular weight is 549 g/mol. The van der Waals surface area contributed by atoms with Crippen LogP contribution >= 0.6 is 0 Å². The highest BCUT2D eigenvalue weighted by molar-refractivity contribution is 5.98. The Kier molecular flexibility index (Phi) is 9.87. The second kappa shape index (κ2) is 13.7. The largest absolute Gasteiger partial charge is 0.352 e. The predicted molar refractivity (Wildman–Crippen MR) is 156 cm³/mol. The van der Waals surface area contributed by atoms with Gasteiger partial charge in [0.25, 0.3) is 5.91 Å². The monoisotopic (exact) mass is 548 g/mol. The van der Waals surface area contributed by atoms with E-state index in [1.165, 1.54) is 61.9 Å². The third kappa shape index (κ3) is 7.49. The Morgan fingerprint density at radius 1 is 0.925 bits per heavy atom. The zero-order valence-corrected chi connectivity index (χ0v) is 23.6. The summed E-state index contributed by atoms with van der Waals surface area (Å²) in [6.45, 7) is 2.41. The molecule has 1 saturated heterocycles. The van der Waals surface area contributed by atoms with Crippen LogP contribution in [0.1, 0.15) is 80.1 Å². The summed E-state index contributed by atoms with van der Waals surface area (Å²) in [5, 5.41) is 3.26. The molecule has 6 nitrogen and oxygen atoms in total. The SMILES string of the molecule is NC1CCC(NC(=O)C2CC(N(CCc3ccccc3)CC3CCCCC3)CN2C(=O)c2ccc(F)cc2)CC1. The van der Waals surface area contributed by atoms with E-state index in [0.29, 0.717) is 24.4 Å². The molecule has 2 unspecified atom stereocenters. The number of carbonyl (C=O) groups is 2. The molecule has 40 heavy (non-hydrogen) atoms. The van der Waals surface area contributed by atoms with Crippen LogP contribution in [0.25, 0.3) is 0 Å². The lowest BCUT2D eigenvalue weighted by atomic mass is 9.88. The maximum atomic E-state index is 13.7. The molecule has 0 bridgehead atoms. The van der Waals surface area contributed by atoms with E-state index < -0.39 is 6.04 Å². The van der Waals surface area contributed by atoms with Gasteiger partial charge < -0.3 is 16.0 Å². The van der Waals surface area contributed by atoms with Gasteiger partial charge in [-0.15, -0.1) is 0 Å². The Morgan fingerprint density at radius 2 is 1.62 bits per heavy atom. The van der Waals surface area contributed by atoms with E-state index in [9.17, 15) is 14.0 Å². The fourth-order valence-electron chi connectivity index (χ4n) is 6.91. The molecule has 0 radical (unpaired) electrons. The minimum atomic E-state index is -0.538. The van der Waals surface area contributed by atoms with Crippen molar-refractivity contribution in [3.8, 4) is 0 Å². The minimum absolute atomic E-state index is 0.0703. The number of hydrogen-bond acceptors (Lipinski definition) is 4. The molecule has 2 atom stereocenters. The zero-order chi connectivity index (χ0) is 27.9. The van der Waals surface area contributed by atoms with E-state index in [-0.39, 0.29) is 35.8 Å². The minimum Gasteiger partial charge on any atom is -0.352 e. The highest BCUT2D eigenvalue weighted by Gasteiger charge is 2.43. The van der Waals surface area contributed by atoms with Gasteiger partial charge in [0.2, 0.25) is 5.91 Å². The third-order valence-electron chi connectivity index (χ3n) is 9.32. The van der Waals surface area contributed by atoms with Crippen LogP contribution in [0.5, 0.6) is 0 Å². The van der Waals surface area contributed by atoms with Crippen molar-refractivity contribution in [3.05, 3.63) is 71.5 Å². The molecule has 2 saturated carbocycles. The van der Waals surface area contributed by atoms with Crippen LogP contribution in [0.3, 0.4) is 0 Å². The van der Waals surface area contributed by atoms with Crippen molar-refractivity contribution < 1.29 is 14.0 Å². The maximum Gasteiger partial charge on any atom is 0.254 e. The summed E-state index contributed by atoms with van der Waals surface area (Å²) in [7, 11) is 0. The number of rotatable bonds is 9. The van der Waals surface area contributed by atoms with E-state index >= 15 is 0 Å². The number of hydrogen-bond donors (Lipinski definition) is 2. The van der Waals surface area contributed by atoms with Gasteiger partial charge in [-0.2, -0.15) is 0 Å². The molecule has 2 amide bonds. The summed E-state index contributed by atoms with van der Waals surface area (Å²) in [5.41, 5.74) is 7.81. The molecule has 2 aromatic rings. The van der Waals surface area contributed by atoms with Crippen LogP contribution in [0.4, 0.5) is 4.39 Å². The average Bonchev–Trinajstić information content (AvgIpc) is 3.43. The highest BCUT2D eigenvalue weighted by atomic mass is 19.1. The first-order valence-electron chi connectivity index (χ1n) is 15.4. The van der Waals surface area contributed by atoms with Crippen molar-refractivity contribution in [1.82, 2.24) is 15.1 Å². The summed E-state index contributed by atoms with van der Waals surface area (Å²) in [4.78, 5) is 31.8. The third-order valence-corrected chi connectivity index (χ3v) is 9.32. The Balaban J connectivity index is 1.35. The van der Waals surface area contributed by atoms with Crippen LogP contribution in [-0.4, -0.2) is 65.4 Å². The summed E-state index contributed by atoms with van der Waals surface area (Å²) in [5.74, 6) is 0.0124. The van der Waals surface area contributed by atoms with Crippen molar-refractivity contribution in [3.63, 3.8) is 0 Å². The summed E-state index contributed by atoms with van der Waals surface area (Å²) < 4.78 is 13.6. The number of likely N-dealkylation sites (tertiary alicyclic amines) is 1. The van der Waals surface area contributed by atoms with Crippen LogP contribution in [0.2, 0.25) is 0 Å². The second-order valence-corrected chi connectivity index (χ2v) is 12.2. The Morgan fingerprint density at radius 3 is 2.33 bits per heavy atom. The first-order chi connectivity index (χ1) is 19.5. The van der Waals surface area contributed by atoms with Gasteiger partial charge in [0.15, 0.2) is 0 Å². The van der Waals surface area contributed by atoms with Gasteiger partial charge in [-0.05, 0) is 87.1 Å². The number of carbonyl (C=O) groups excluding carboxylic acids is 2. The van der Waals surface area contributed by atoms with E-state index in [2.05, 4.69) is 34.5 Å². The molecule has 3 N–H and O–H groups in total. The zero-order valence-electron chi connectivity index (χ0n) is 23.6. The van der Waals surface area contributed by atoms with Crippen molar-refractivity contribution in [2.75, 3.05) is 19.6 Å². The van der Waals surface area contributed by atoms with Gasteiger partial charge in [-0.25, -0.2) is 4.39 Å². The van der Waals surface area contributed by atoms with E-state index in [1.54, 1.807) is 4.90 Å². The van der Waals surface area contributed by atoms with Crippen molar-refractivity contribution in [1.29, 1.82) is 0 Å². The van der Waals surface area contributed by atoms with Crippen molar-refractivity contribution >= 4 is 11.8 Å². The number of nitrogens with one attached hydrogen (secondary N) is 1. The van der Waals surface area contributed by atoms with Crippen molar-refractivity contribution in [2.24, 2.45) is 11.7 Å². The van der Waals surface area contributed by atoms with Crippen LogP contribution < -0.4 is 11.1 Å². The molecule has 0 aromatic heterocycles. The van der Waals surface area contributed by atoms with Crippen molar-refractivity contribution in [2.45, 2.75) is 94.8 Å². The lowest BCUT2D eigenvalue weighted by Gasteiger charge is -2.34. The molecular formula is C33H45FN4O2. The van der Waals surface area contributed by atoms with E-state index in [4.69, 9.17) is 5.73 Å². The fraction of sp³-hybridized carbons (Fsp3) is 0.576. The Labute approximate surface area is 238 Å². The van der Waals surface area contributed by atoms with Gasteiger partial charge in [-0.3, -0.25) is 14.5 Å². The van der Waals surface area contributed by atoms with Gasteiger partial charge in [0.1, 0.15) is 11.9 Å². The smallest absolute Gasteiger partial charge is 0.254 e. The number of nitrogens with zero attached hydrogens (tertiary/aromatic N) is 2. The molecule has 1 aliphatic heterocycles. The molecule has 216 valence electrons. The van der Waals surface area contributed by atoms with Gasteiger partial charge in [-0.1, -0.05) is 49.6 Å². The first-order valence-corrected chi connectivity index (χ1v) is 15.4. The molecule has 5 rings (SSSR count). The molecule has 7 heteroatoms. The standard InChI is InChI=1S/C33H45FN4O2/c34-27-13-11-26(12-14-27)33(40)38-23-30(21-31(38)32(39)36-29-17-15-28(35)16-18-29)37(22-25-9-5-2-6-10-25)20-19-24-7-3-1-4-8-24/h1,3-4,7-8,11-14,25,28-31H,2,5-6,9-10,15-23,35H2,(H,36,39). The molecule has 3 aliphatic rings. The molecule has 2 aromatic carbocycles. The van der Waals surface area contributed by atoms with Gasteiger partial charge in [0, 0.05) is 43.3 Å². The Bertz CT molecular complexity index is 1100. The summed E-state index contributed by atoms with van der Waals surface area (Å²) in [6.07, 6.45) is 11.5. The molecule has 3 fully saturated rings. The Hall–Kier alpha value is -2.77. The molecule has 1 heterocycles. The van der Waals surface area contributed by atoms with Crippen LogP contribution in [0.15, 0.2) is 54.6 Å². The lowest BCUT2D eigenvalue weighted by molar-refractivity contribution is -0.125. The topological polar surface area (TPSA) is 78.7 Å². The predicted octanol–water partition coefficient (Wildman–Crippen LogP) is 4.92. The molecule has 2 aliphatic carbocycles. The molecular weight excluding hydrogens is 503 g/mol. The fourth-order valence-corrected chi connectivity index (χ4v) is 6.91. The quantitative estimate of drug-likeness (QED) is 0.466. The first kappa shape index (κ1) is 28.7. The normalized spacial score (nSPS) is 25.7. The van der Waals surface area contributed by atoms with Crippen LogP contribution in [0, 0.1) is 11.7 Å². The van der Waals surface area contributed by atoms with E-state index in [0.717, 1.165) is 45.2 Å². The number of halogens is 1. The number of nitrogens with two attached hydrogens (primary N) is 1. The van der Waals surface area contributed by atoms with Gasteiger partial charge >= 0.3 is 0 Å². The van der Waals surface area contributed by atoms with E-state index in [1.807, 2.05) is 6.07 Å². The lowest BCUT2D eigenvalue weighted by Crippen LogP contribution is -2.50. The maximum absolute atomic E-state index is 13.7. The number of benzene rings is 2. The van der Waals surface area contributed by atoms with Gasteiger partial charge in [0.05, 0.1) is 0 Å². The summed E-state index contributed by atoms with van der Waals surface area (Å²) >= 11 is 0. The second-order valence-electron chi connectivity index (χ2n) is 12.2. The summed E-state index contributed by atoms with van der Waals surface area (Å²) in [6, 6.07) is 16.1. The highest BCUT2D eigenvalue weighted by Crippen LogP contribution is 2.30. The molecule has 0 spiro atoms.